The molecule has 57 heavy (non-hydrogen) atoms. The van der Waals surface area contributed by atoms with Crippen LogP contribution in [0.4, 0.5) is 17.1 Å². The Kier molecular flexibility index (Phi) is 7.15. The molecular weight excluding hydrogens is 687 g/mol. The van der Waals surface area contributed by atoms with Gasteiger partial charge < -0.3 is 4.90 Å². The molecule has 1 spiro atoms. The Bertz CT molecular complexity index is 2850. The van der Waals surface area contributed by atoms with E-state index in [1.54, 1.807) is 0 Å². The number of para-hydroxylation sites is 1. The highest BCUT2D eigenvalue weighted by atomic mass is 15.1. The summed E-state index contributed by atoms with van der Waals surface area (Å²) < 4.78 is 0. The first kappa shape index (κ1) is 33.9. The van der Waals surface area contributed by atoms with Crippen molar-refractivity contribution in [2.45, 2.75) is 50.9 Å². The van der Waals surface area contributed by atoms with Gasteiger partial charge in [-0.05, 0) is 114 Å². The third-order valence-corrected chi connectivity index (χ3v) is 13.3. The number of hydrogen-bond donors (Lipinski definition) is 0. The minimum absolute atomic E-state index is 0.0777. The van der Waals surface area contributed by atoms with E-state index < -0.39 is 5.41 Å². The average molecular weight is 732 g/mol. The second-order valence-electron chi connectivity index (χ2n) is 17.7. The maximum Gasteiger partial charge on any atom is 0.0726 e. The molecule has 8 aromatic rings. The van der Waals surface area contributed by atoms with E-state index in [2.05, 4.69) is 222 Å². The summed E-state index contributed by atoms with van der Waals surface area (Å²) in [6.45, 7) is 11.6. The minimum atomic E-state index is -0.426. The molecule has 0 fully saturated rings. The highest BCUT2D eigenvalue weighted by molar-refractivity contribution is 5.97. The van der Waals surface area contributed by atoms with Crippen molar-refractivity contribution >= 4 is 17.1 Å². The van der Waals surface area contributed by atoms with Gasteiger partial charge in [-0.3, -0.25) is 0 Å². The van der Waals surface area contributed by atoms with Crippen molar-refractivity contribution in [2.24, 2.45) is 0 Å². The quantitative estimate of drug-likeness (QED) is 0.174. The summed E-state index contributed by atoms with van der Waals surface area (Å²) >= 11 is 0. The molecule has 0 saturated carbocycles. The van der Waals surface area contributed by atoms with Crippen molar-refractivity contribution in [3.05, 3.63) is 221 Å². The predicted octanol–water partition coefficient (Wildman–Crippen LogP) is 14.8. The number of anilines is 3. The molecule has 3 aliphatic carbocycles. The molecule has 1 heteroatoms. The largest absolute Gasteiger partial charge is 0.310 e. The molecule has 0 atom stereocenters. The van der Waals surface area contributed by atoms with Gasteiger partial charge in [0.25, 0.3) is 0 Å². The molecule has 0 saturated heterocycles. The van der Waals surface area contributed by atoms with E-state index >= 15 is 0 Å². The number of fused-ring (bicyclic) bond motifs is 13. The van der Waals surface area contributed by atoms with Crippen molar-refractivity contribution in [1.82, 2.24) is 0 Å². The molecule has 3 aliphatic rings. The fourth-order valence-corrected chi connectivity index (χ4v) is 10.5. The Morgan fingerprint density at radius 1 is 0.368 bits per heavy atom. The average Bonchev–Trinajstić information content (AvgIpc) is 3.79. The molecule has 1 nitrogen and oxygen atoms in total. The molecule has 0 unspecified atom stereocenters. The van der Waals surface area contributed by atoms with Gasteiger partial charge in [-0.15, -0.1) is 0 Å². The van der Waals surface area contributed by atoms with Crippen molar-refractivity contribution in [2.75, 3.05) is 4.90 Å². The van der Waals surface area contributed by atoms with Crippen LogP contribution < -0.4 is 4.90 Å². The van der Waals surface area contributed by atoms with Gasteiger partial charge in [-0.25, -0.2) is 0 Å². The predicted molar refractivity (Wildman–Crippen MR) is 239 cm³/mol. The summed E-state index contributed by atoms with van der Waals surface area (Å²) in [4.78, 5) is 2.52. The lowest BCUT2D eigenvalue weighted by atomic mass is 9.70. The molecule has 0 N–H and O–H groups in total. The Morgan fingerprint density at radius 3 is 1.30 bits per heavy atom. The van der Waals surface area contributed by atoms with Crippen LogP contribution in [0.25, 0.3) is 44.5 Å². The Labute approximate surface area is 336 Å². The molecular formula is C56H45N. The molecule has 0 aromatic heterocycles. The van der Waals surface area contributed by atoms with E-state index in [0.29, 0.717) is 0 Å². The monoisotopic (exact) mass is 731 g/mol. The summed E-state index contributed by atoms with van der Waals surface area (Å²) in [5, 5.41) is 0. The van der Waals surface area contributed by atoms with Gasteiger partial charge in [0.05, 0.1) is 11.1 Å². The molecule has 8 aromatic carbocycles. The first-order valence-electron chi connectivity index (χ1n) is 20.4. The Hall–Kier alpha value is -6.44. The number of benzene rings is 8. The molecule has 11 rings (SSSR count). The molecule has 0 amide bonds. The third kappa shape index (κ3) is 4.69. The van der Waals surface area contributed by atoms with Crippen molar-refractivity contribution in [3.63, 3.8) is 0 Å². The normalized spacial score (nSPS) is 14.7. The van der Waals surface area contributed by atoms with E-state index in [4.69, 9.17) is 0 Å². The Morgan fingerprint density at radius 2 is 0.772 bits per heavy atom. The van der Waals surface area contributed by atoms with Crippen LogP contribution in [0.3, 0.4) is 0 Å². The zero-order valence-electron chi connectivity index (χ0n) is 33.3. The highest BCUT2D eigenvalue weighted by Crippen LogP contribution is 2.63. The van der Waals surface area contributed by atoms with E-state index in [1.807, 2.05) is 0 Å². The summed E-state index contributed by atoms with van der Waals surface area (Å²) in [7, 11) is 0. The van der Waals surface area contributed by atoms with Crippen molar-refractivity contribution in [3.8, 4) is 44.5 Å². The van der Waals surface area contributed by atoms with Crippen LogP contribution >= 0.6 is 0 Å². The smallest absolute Gasteiger partial charge is 0.0726 e. The van der Waals surface area contributed by atoms with Crippen LogP contribution in [0, 0.1) is 0 Å². The molecule has 0 aliphatic heterocycles. The van der Waals surface area contributed by atoms with Crippen LogP contribution in [-0.4, -0.2) is 0 Å². The fraction of sp³-hybridized carbons (Fsp3) is 0.143. The van der Waals surface area contributed by atoms with Gasteiger partial charge in [-0.1, -0.05) is 186 Å². The van der Waals surface area contributed by atoms with Gasteiger partial charge in [0.2, 0.25) is 0 Å². The number of hydrogen-bond acceptors (Lipinski definition) is 1. The standard InChI is InChI=1S/C56H45N/c1-54(2,3)37-28-26-36(27-29-37)40-16-10-15-25-53(40)57(38-30-32-45-41-17-6-11-21-47(41)55(4,5)51(45)34-38)39-31-33-46-44-20-9-14-24-50(44)56(52(46)35-39)48-22-12-7-18-42(48)43-19-8-13-23-49(43)56/h6-35H,1-5H3. The van der Waals surface area contributed by atoms with Crippen LogP contribution in [-0.2, 0) is 16.2 Å². The zero-order valence-corrected chi connectivity index (χ0v) is 33.3. The van der Waals surface area contributed by atoms with E-state index in [1.165, 1.54) is 83.5 Å². The third-order valence-electron chi connectivity index (χ3n) is 13.3. The van der Waals surface area contributed by atoms with E-state index in [0.717, 1.165) is 17.1 Å². The summed E-state index contributed by atoms with van der Waals surface area (Å²) in [5.41, 5.74) is 22.8. The highest BCUT2D eigenvalue weighted by Gasteiger charge is 2.51. The zero-order chi connectivity index (χ0) is 38.7. The second-order valence-corrected chi connectivity index (χ2v) is 17.7. The minimum Gasteiger partial charge on any atom is -0.310 e. The maximum atomic E-state index is 2.52. The first-order chi connectivity index (χ1) is 27.7. The van der Waals surface area contributed by atoms with Crippen LogP contribution in [0.1, 0.15) is 73.6 Å². The van der Waals surface area contributed by atoms with E-state index in [9.17, 15) is 0 Å². The van der Waals surface area contributed by atoms with E-state index in [-0.39, 0.29) is 10.8 Å². The van der Waals surface area contributed by atoms with Gasteiger partial charge in [0.15, 0.2) is 0 Å². The van der Waals surface area contributed by atoms with Gasteiger partial charge in [0.1, 0.15) is 0 Å². The first-order valence-corrected chi connectivity index (χ1v) is 20.4. The maximum absolute atomic E-state index is 2.52. The Balaban J connectivity index is 1.18. The molecule has 0 bridgehead atoms. The SMILES string of the molecule is CC(C)(C)c1ccc(-c2ccccc2N(c2ccc3c(c2)C(C)(C)c2ccccc2-3)c2ccc3c(c2)C2(c4ccccc4-c4ccccc42)c2ccccc2-3)cc1. The molecule has 274 valence electrons. The number of nitrogens with zero attached hydrogens (tertiary/aromatic N) is 1. The van der Waals surface area contributed by atoms with Crippen LogP contribution in [0.15, 0.2) is 182 Å². The van der Waals surface area contributed by atoms with Gasteiger partial charge in [0, 0.05) is 22.4 Å². The van der Waals surface area contributed by atoms with Gasteiger partial charge in [-0.2, -0.15) is 0 Å². The summed E-state index contributed by atoms with van der Waals surface area (Å²) in [6.07, 6.45) is 0. The lowest BCUT2D eigenvalue weighted by Gasteiger charge is -2.33. The molecule has 0 radical (unpaired) electrons. The summed E-state index contributed by atoms with van der Waals surface area (Å²) in [5.74, 6) is 0. The topological polar surface area (TPSA) is 3.24 Å². The number of rotatable bonds is 4. The lowest BCUT2D eigenvalue weighted by molar-refractivity contribution is 0.590. The fourth-order valence-electron chi connectivity index (χ4n) is 10.5. The summed E-state index contributed by atoms with van der Waals surface area (Å²) in [6, 6.07) is 68.8. The van der Waals surface area contributed by atoms with Crippen LogP contribution in [0.2, 0.25) is 0 Å². The lowest BCUT2D eigenvalue weighted by Crippen LogP contribution is -2.26. The van der Waals surface area contributed by atoms with Gasteiger partial charge >= 0.3 is 0 Å². The van der Waals surface area contributed by atoms with Crippen molar-refractivity contribution < 1.29 is 0 Å². The second kappa shape index (κ2) is 12.0. The molecule has 0 heterocycles. The van der Waals surface area contributed by atoms with Crippen LogP contribution in [0.5, 0.6) is 0 Å². The van der Waals surface area contributed by atoms with Crippen molar-refractivity contribution in [1.29, 1.82) is 0 Å².